The molecule has 0 spiro atoms. The molecule has 1 aromatic rings. The molecule has 0 aromatic carbocycles. The van der Waals surface area contributed by atoms with Gasteiger partial charge in [0.15, 0.2) is 0 Å². The molecule has 0 aliphatic carbocycles. The molecule has 1 heterocycles. The van der Waals surface area contributed by atoms with Gasteiger partial charge in [0.1, 0.15) is 5.03 Å². The van der Waals surface area contributed by atoms with E-state index in [1.807, 2.05) is 0 Å². The van der Waals surface area contributed by atoms with Gasteiger partial charge in [-0.1, -0.05) is 11.8 Å². The first-order chi connectivity index (χ1) is 7.21. The molecule has 0 amide bonds. The van der Waals surface area contributed by atoms with Crippen molar-refractivity contribution in [2.24, 2.45) is 0 Å². The largest absolute Gasteiger partial charge is 0.351 e. The minimum absolute atomic E-state index is 0.0270. The van der Waals surface area contributed by atoms with Gasteiger partial charge in [0.25, 0.3) is 0 Å². The van der Waals surface area contributed by atoms with Crippen LogP contribution >= 0.6 is 27.0 Å². The molecule has 4 N–H and O–H groups in total. The highest BCUT2D eigenvalue weighted by molar-refractivity contribution is 8.12. The molecule has 0 bridgehead atoms. The lowest BCUT2D eigenvalue weighted by Gasteiger charge is -2.17. The van der Waals surface area contributed by atoms with Crippen molar-refractivity contribution in [2.75, 3.05) is 0 Å². The molecule has 0 unspecified atom stereocenters. The van der Waals surface area contributed by atoms with Crippen LogP contribution in [0.25, 0.3) is 0 Å². The molecule has 8 nitrogen and oxygen atoms in total. The SMILES string of the molecule is O=P(O)(O)C(Sc1cccnn1)P(=O)(O)O. The third-order valence-corrected chi connectivity index (χ3v) is 7.26. The Kier molecular flexibility index (Phi) is 4.25. The molecule has 90 valence electrons. The summed E-state index contributed by atoms with van der Waals surface area (Å²) in [4.78, 5) is 35.3. The number of hydrogen-bond donors (Lipinski definition) is 4. The van der Waals surface area contributed by atoms with Crippen LogP contribution in [0, 0.1) is 0 Å². The van der Waals surface area contributed by atoms with Crippen LogP contribution in [0.5, 0.6) is 0 Å². The molecule has 0 saturated heterocycles. The van der Waals surface area contributed by atoms with Crippen LogP contribution in [-0.4, -0.2) is 34.5 Å². The molecule has 16 heavy (non-hydrogen) atoms. The third kappa shape index (κ3) is 3.95. The second kappa shape index (κ2) is 4.93. The van der Waals surface area contributed by atoms with Crippen molar-refractivity contribution < 1.29 is 28.7 Å². The summed E-state index contributed by atoms with van der Waals surface area (Å²) in [5, 5.41) is 6.92. The normalized spacial score (nSPS) is 13.1. The molecule has 11 heteroatoms. The molecular formula is C5H8N2O6P2S. The summed E-state index contributed by atoms with van der Waals surface area (Å²) in [7, 11) is -9.86. The summed E-state index contributed by atoms with van der Waals surface area (Å²) in [5.74, 6) is 0. The van der Waals surface area contributed by atoms with Gasteiger partial charge in [-0.25, -0.2) is 0 Å². The molecule has 0 radical (unpaired) electrons. The van der Waals surface area contributed by atoms with Crippen LogP contribution in [-0.2, 0) is 9.13 Å². The Morgan fingerprint density at radius 1 is 1.19 bits per heavy atom. The average molecular weight is 286 g/mol. The van der Waals surface area contributed by atoms with Gasteiger partial charge in [-0.2, -0.15) is 5.10 Å². The van der Waals surface area contributed by atoms with E-state index in [2.05, 4.69) is 10.2 Å². The fourth-order valence-corrected chi connectivity index (χ4v) is 4.57. The summed E-state index contributed by atoms with van der Waals surface area (Å²) in [6, 6.07) is 2.78. The van der Waals surface area contributed by atoms with Crippen molar-refractivity contribution in [3.8, 4) is 0 Å². The first kappa shape index (κ1) is 13.8. The van der Waals surface area contributed by atoms with Crippen LogP contribution in [0.4, 0.5) is 0 Å². The highest BCUT2D eigenvalue weighted by Gasteiger charge is 2.44. The molecular weight excluding hydrogens is 278 g/mol. The Morgan fingerprint density at radius 2 is 1.75 bits per heavy atom. The van der Waals surface area contributed by atoms with Crippen molar-refractivity contribution in [1.29, 1.82) is 0 Å². The molecule has 0 atom stereocenters. The molecule has 1 aromatic heterocycles. The second-order valence-electron chi connectivity index (χ2n) is 2.68. The van der Waals surface area contributed by atoms with Gasteiger partial charge in [-0.05, 0) is 12.1 Å². The Labute approximate surface area is 94.4 Å². The maximum absolute atomic E-state index is 10.9. The van der Waals surface area contributed by atoms with Gasteiger partial charge in [0.05, 0.1) is 0 Å². The number of aromatic nitrogens is 2. The van der Waals surface area contributed by atoms with E-state index in [0.29, 0.717) is 11.8 Å². The number of hydrogen-bond acceptors (Lipinski definition) is 5. The molecule has 0 saturated carbocycles. The lowest BCUT2D eigenvalue weighted by atomic mass is 10.6. The van der Waals surface area contributed by atoms with Crippen molar-refractivity contribution in [2.45, 2.75) is 9.76 Å². The Bertz CT molecular complexity index is 421. The standard InChI is InChI=1S/C5H8N2O6P2S/c8-14(9,10)5(15(11,12)13)16-4-2-1-3-6-7-4/h1-3,5H,(H2,8,9,10)(H2,11,12,13). The molecule has 0 fully saturated rings. The van der Waals surface area contributed by atoms with Gasteiger partial charge >= 0.3 is 15.2 Å². The minimum atomic E-state index is -4.93. The van der Waals surface area contributed by atoms with E-state index in [1.165, 1.54) is 18.3 Å². The third-order valence-electron chi connectivity index (χ3n) is 1.35. The fourth-order valence-electron chi connectivity index (χ4n) is 0.792. The lowest BCUT2D eigenvalue weighted by molar-refractivity contribution is 0.352. The van der Waals surface area contributed by atoms with E-state index in [-0.39, 0.29) is 5.03 Å². The van der Waals surface area contributed by atoms with Gasteiger partial charge in [-0.15, -0.1) is 5.10 Å². The summed E-state index contributed by atoms with van der Waals surface area (Å²) in [6.07, 6.45) is 1.33. The van der Waals surface area contributed by atoms with E-state index in [1.54, 1.807) is 0 Å². The summed E-state index contributed by atoms with van der Waals surface area (Å²) >= 11 is 0.303. The van der Waals surface area contributed by atoms with Crippen LogP contribution in [0.15, 0.2) is 23.4 Å². The van der Waals surface area contributed by atoms with Gasteiger partial charge in [0, 0.05) is 6.20 Å². The maximum atomic E-state index is 10.9. The van der Waals surface area contributed by atoms with Crippen LogP contribution < -0.4 is 0 Å². The van der Waals surface area contributed by atoms with Crippen LogP contribution in [0.3, 0.4) is 0 Å². The van der Waals surface area contributed by atoms with Crippen molar-refractivity contribution in [1.82, 2.24) is 10.2 Å². The average Bonchev–Trinajstić information content (AvgIpc) is 2.12. The van der Waals surface area contributed by atoms with Gasteiger partial charge in [-0.3, -0.25) is 9.13 Å². The minimum Gasteiger partial charge on any atom is -0.323 e. The monoisotopic (exact) mass is 286 g/mol. The number of rotatable bonds is 4. The Balaban J connectivity index is 2.99. The van der Waals surface area contributed by atoms with E-state index in [4.69, 9.17) is 19.6 Å². The molecule has 0 aliphatic heterocycles. The van der Waals surface area contributed by atoms with E-state index >= 15 is 0 Å². The highest BCUT2D eigenvalue weighted by Crippen LogP contribution is 2.65. The highest BCUT2D eigenvalue weighted by atomic mass is 32.2. The summed E-state index contributed by atoms with van der Waals surface area (Å²) in [5.41, 5.74) is 0. The van der Waals surface area contributed by atoms with Crippen LogP contribution in [0.1, 0.15) is 0 Å². The Hall–Kier alpha value is -0.270. The van der Waals surface area contributed by atoms with Crippen molar-refractivity contribution in [3.63, 3.8) is 0 Å². The summed E-state index contributed by atoms with van der Waals surface area (Å²) in [6.45, 7) is 0. The predicted octanol–water partition coefficient (Wildman–Crippen LogP) is 0.208. The maximum Gasteiger partial charge on any atom is 0.351 e. The molecule has 1 rings (SSSR count). The van der Waals surface area contributed by atoms with E-state index < -0.39 is 19.9 Å². The van der Waals surface area contributed by atoms with Gasteiger partial charge < -0.3 is 19.6 Å². The van der Waals surface area contributed by atoms with E-state index in [9.17, 15) is 9.13 Å². The zero-order valence-corrected chi connectivity index (χ0v) is 10.2. The molecule has 0 aliphatic rings. The quantitative estimate of drug-likeness (QED) is 0.451. The topological polar surface area (TPSA) is 141 Å². The van der Waals surface area contributed by atoms with Crippen LogP contribution in [0.2, 0.25) is 0 Å². The second-order valence-corrected chi connectivity index (χ2v) is 8.30. The van der Waals surface area contributed by atoms with Gasteiger partial charge in [0.2, 0.25) is 4.73 Å². The first-order valence-corrected chi connectivity index (χ1v) is 8.00. The van der Waals surface area contributed by atoms with Crippen molar-refractivity contribution >= 4 is 27.0 Å². The summed E-state index contributed by atoms with van der Waals surface area (Å²) < 4.78 is 19.7. The smallest absolute Gasteiger partial charge is 0.323 e. The first-order valence-electron chi connectivity index (χ1n) is 3.76. The zero-order chi connectivity index (χ0) is 12.4. The lowest BCUT2D eigenvalue weighted by Crippen LogP contribution is -2.05. The van der Waals surface area contributed by atoms with Crippen molar-refractivity contribution in [3.05, 3.63) is 18.3 Å². The number of thioether (sulfide) groups is 1. The van der Waals surface area contributed by atoms with E-state index in [0.717, 1.165) is 0 Å². The zero-order valence-electron chi connectivity index (χ0n) is 7.61. The Morgan fingerprint density at radius 3 is 2.12 bits per heavy atom. The number of nitrogens with zero attached hydrogens (tertiary/aromatic N) is 2. The fraction of sp³-hybridized carbons (Fsp3) is 0.200. The predicted molar refractivity (Wildman–Crippen MR) is 55.8 cm³/mol.